The third-order valence-corrected chi connectivity index (χ3v) is 16.2. The van der Waals surface area contributed by atoms with Crippen molar-refractivity contribution >= 4 is 87.2 Å². The molecule has 440 valence electrons. The molecule has 0 atom stereocenters. The van der Waals surface area contributed by atoms with E-state index in [1.165, 1.54) is 47.0 Å². The summed E-state index contributed by atoms with van der Waals surface area (Å²) in [6.07, 6.45) is 0. The molecular formula is C84H54N10. The zero-order valence-electron chi connectivity index (χ0n) is 74.6. The largest absolute Gasteiger partial charge is 0.309 e. The number of para-hydroxylation sites is 6. The third-order valence-electron chi connectivity index (χ3n) is 16.2. The second kappa shape index (κ2) is 22.5. The lowest BCUT2D eigenvalue weighted by Crippen LogP contribution is -2.06. The van der Waals surface area contributed by atoms with Gasteiger partial charge in [0.25, 0.3) is 0 Å². The third kappa shape index (κ3) is 9.03. The zero-order chi connectivity index (χ0) is 84.7. The number of nitrogens with zero attached hydrogens (tertiary/aromatic N) is 10. The molecule has 0 saturated carbocycles. The highest BCUT2D eigenvalue weighted by Gasteiger charge is 2.25. The fourth-order valence-electron chi connectivity index (χ4n) is 12.2. The van der Waals surface area contributed by atoms with E-state index in [4.69, 9.17) is 43.7 Å². The highest BCUT2D eigenvalue weighted by molar-refractivity contribution is 6.29. The van der Waals surface area contributed by atoms with Crippen LogP contribution in [-0.2, 0) is 0 Å². The van der Waals surface area contributed by atoms with Gasteiger partial charge in [0.05, 0.1) is 79.8 Å². The average Bonchev–Trinajstić information content (AvgIpc) is 1.53. The molecule has 0 aliphatic rings. The number of hydrogen-bond acceptors (Lipinski definition) is 6. The number of aromatic nitrogens is 10. The smallest absolute Gasteiger partial charge is 0.238 e. The summed E-state index contributed by atoms with van der Waals surface area (Å²) in [4.78, 5) is 28.5. The first-order chi connectivity index (χ1) is 57.3. The predicted molar refractivity (Wildman–Crippen MR) is 384 cm³/mol. The molecule has 6 heterocycles. The second-order valence-electron chi connectivity index (χ2n) is 21.4. The average molecular weight is 1230 g/mol. The van der Waals surface area contributed by atoms with Crippen LogP contribution < -0.4 is 0 Å². The van der Waals surface area contributed by atoms with E-state index in [1.54, 1.807) is 74.4 Å². The Morgan fingerprint density at radius 3 is 1.15 bits per heavy atom. The maximum atomic E-state index is 9.73. The lowest BCUT2D eigenvalue weighted by molar-refractivity contribution is 0.953. The quantitative estimate of drug-likeness (QED) is 0.143. The molecule has 0 saturated heterocycles. The summed E-state index contributed by atoms with van der Waals surface area (Å²) >= 11 is 0. The van der Waals surface area contributed by atoms with Crippen molar-refractivity contribution in [3.63, 3.8) is 0 Å². The second-order valence-corrected chi connectivity index (χ2v) is 21.4. The summed E-state index contributed by atoms with van der Waals surface area (Å²) in [5.74, 6) is -1.06. The number of fused-ring (bicyclic) bond motifs is 14. The van der Waals surface area contributed by atoms with Gasteiger partial charge in [0.2, 0.25) is 11.9 Å². The van der Waals surface area contributed by atoms with E-state index in [9.17, 15) is 6.85 Å². The minimum Gasteiger partial charge on any atom is -0.309 e. The van der Waals surface area contributed by atoms with E-state index in [2.05, 4.69) is 15.0 Å². The van der Waals surface area contributed by atoms with E-state index in [0.29, 0.717) is 93.2 Å². The van der Waals surface area contributed by atoms with Gasteiger partial charge in [-0.2, -0.15) is 19.9 Å². The molecular weight excluding hydrogens is 1150 g/mol. The summed E-state index contributed by atoms with van der Waals surface area (Å²) in [5.41, 5.74) is 3.80. The molecule has 0 N–H and O–H groups in total. The summed E-state index contributed by atoms with van der Waals surface area (Å²) in [5, 5.41) is 3.12. The standard InChI is InChI=1S/C45H29N5.C39H25N5/c1-4-15-30(16-5-1)32-19-14-20-33(29-32)44-46-43(31-17-6-2-7-18-31)47-45(48-44)50-38-26-13-11-24-36(38)42-40(50)28-27-39-41(42)35-23-10-12-25-37(35)49(39)34-21-8-3-9-22-34;1-4-14-26(15-5-1)37-40-38(27-16-6-2-7-17-27)42-39(41-37)44-32-22-12-10-20-29(32)30-24-25-34-35(36(30)44)31-21-11-13-23-33(31)43(34)28-18-8-3-9-19-28/h1-29H;1-25H/i1D,4D,5D,10D,11D,15D,16D,25D,26D,27D,28D;1D,2D,4D,5D,6D,7D,10D,11D,14D,15D,16D,17D,22D,23D,25D. The van der Waals surface area contributed by atoms with Crippen LogP contribution >= 0.6 is 0 Å². The van der Waals surface area contributed by atoms with Crippen LogP contribution in [0, 0.1) is 0 Å². The van der Waals surface area contributed by atoms with Crippen LogP contribution in [0.25, 0.3) is 167 Å². The Morgan fingerprint density at radius 1 is 0.223 bits per heavy atom. The van der Waals surface area contributed by atoms with Gasteiger partial charge in [-0.3, -0.25) is 9.13 Å². The van der Waals surface area contributed by atoms with Gasteiger partial charge in [0.1, 0.15) is 0 Å². The summed E-state index contributed by atoms with van der Waals surface area (Å²) < 4.78 is 234. The van der Waals surface area contributed by atoms with Crippen molar-refractivity contribution in [3.05, 3.63) is 327 Å². The lowest BCUT2D eigenvalue weighted by Gasteiger charge is -2.12. The number of hydrogen-bond donors (Lipinski definition) is 0. The topological polar surface area (TPSA) is 97.1 Å². The van der Waals surface area contributed by atoms with Crippen LogP contribution in [0.1, 0.15) is 35.6 Å². The molecule has 0 spiro atoms. The predicted octanol–water partition coefficient (Wildman–Crippen LogP) is 20.5. The Bertz CT molecular complexity index is 7570. The molecule has 0 aliphatic carbocycles. The van der Waals surface area contributed by atoms with Crippen molar-refractivity contribution in [1.29, 1.82) is 0 Å². The van der Waals surface area contributed by atoms with Crippen molar-refractivity contribution in [2.75, 3.05) is 0 Å². The van der Waals surface area contributed by atoms with Crippen LogP contribution in [0.2, 0.25) is 0 Å². The van der Waals surface area contributed by atoms with Crippen LogP contribution in [-0.4, -0.2) is 48.2 Å². The fourth-order valence-corrected chi connectivity index (χ4v) is 12.2. The first kappa shape index (κ1) is 33.8. The Labute approximate surface area is 576 Å². The number of benzene rings is 13. The molecule has 0 bridgehead atoms. The van der Waals surface area contributed by atoms with Crippen LogP contribution in [0.15, 0.2) is 327 Å². The van der Waals surface area contributed by atoms with Crippen molar-refractivity contribution in [3.8, 4) is 79.9 Å². The van der Waals surface area contributed by atoms with Crippen molar-refractivity contribution in [2.45, 2.75) is 0 Å². The summed E-state index contributed by atoms with van der Waals surface area (Å²) in [6.45, 7) is 0. The Kier molecular flexibility index (Phi) is 8.10. The minimum atomic E-state index is -0.712. The van der Waals surface area contributed by atoms with E-state index in [-0.39, 0.29) is 130 Å². The Hall–Kier alpha value is -12.9. The molecule has 0 radical (unpaired) electrons. The van der Waals surface area contributed by atoms with Crippen molar-refractivity contribution in [2.24, 2.45) is 0 Å². The monoisotopic (exact) mass is 1230 g/mol. The van der Waals surface area contributed by atoms with Crippen molar-refractivity contribution in [1.82, 2.24) is 48.2 Å². The van der Waals surface area contributed by atoms with Gasteiger partial charge in [0.15, 0.2) is 23.3 Å². The van der Waals surface area contributed by atoms with Gasteiger partial charge in [-0.1, -0.05) is 254 Å². The Morgan fingerprint density at radius 2 is 0.617 bits per heavy atom. The first-order valence-electron chi connectivity index (χ1n) is 42.4. The highest BCUT2D eigenvalue weighted by Crippen LogP contribution is 2.44. The van der Waals surface area contributed by atoms with Gasteiger partial charge >= 0.3 is 0 Å². The highest BCUT2D eigenvalue weighted by atomic mass is 15.2. The maximum Gasteiger partial charge on any atom is 0.238 e. The van der Waals surface area contributed by atoms with Gasteiger partial charge in [-0.25, -0.2) is 9.97 Å². The molecule has 10 heteroatoms. The molecule has 0 unspecified atom stereocenters. The van der Waals surface area contributed by atoms with Gasteiger partial charge in [0, 0.05) is 76.7 Å². The Balaban J connectivity index is 0.000000165. The zero-order valence-corrected chi connectivity index (χ0v) is 48.6. The number of rotatable bonds is 9. The molecule has 19 rings (SSSR count). The van der Waals surface area contributed by atoms with E-state index < -0.39 is 101 Å². The van der Waals surface area contributed by atoms with Gasteiger partial charge < -0.3 is 9.13 Å². The van der Waals surface area contributed by atoms with E-state index in [1.807, 2.05) is 66.7 Å². The maximum absolute atomic E-state index is 9.73. The first-order valence-corrected chi connectivity index (χ1v) is 29.4. The van der Waals surface area contributed by atoms with Crippen LogP contribution in [0.5, 0.6) is 0 Å². The SMILES string of the molecule is [2H]c1cc([2H])c2c(c1)c1c(c([2H])cc3c4cc([2H])cc([2H])c4n(-c4nc(-c5c([2H])c([2H])c([2H])c([2H])c5[2H])nc(-c5c([2H])c([2H])c([2H])c([2H])c5[2H])n4)c31)n2-c1ccccc1.[2H]c1cc([2H])c2c(c1)c1c3c4cc([2H])cc([2H])c4n(-c4nc(-c5ccccc5)nc(-c5cccc(-c6c([2H])c([2H])c([2H])c([2H])c6[2H])c5)n4)c3c([2H])c([2H])c1n2-c1ccccc1. The molecule has 0 fully saturated rings. The van der Waals surface area contributed by atoms with Crippen LogP contribution in [0.3, 0.4) is 0 Å². The van der Waals surface area contributed by atoms with Crippen molar-refractivity contribution < 1.29 is 35.6 Å². The van der Waals surface area contributed by atoms with E-state index in [0.717, 1.165) is 0 Å². The lowest BCUT2D eigenvalue weighted by atomic mass is 10.0. The molecule has 10 nitrogen and oxygen atoms in total. The fraction of sp³-hybridized carbons (Fsp3) is 0. The molecule has 13 aromatic carbocycles. The molecule has 94 heavy (non-hydrogen) atoms. The van der Waals surface area contributed by atoms with Gasteiger partial charge in [-0.15, -0.1) is 0 Å². The van der Waals surface area contributed by atoms with Crippen LogP contribution in [0.4, 0.5) is 0 Å². The molecule has 19 aromatic rings. The van der Waals surface area contributed by atoms with E-state index >= 15 is 0 Å². The summed E-state index contributed by atoms with van der Waals surface area (Å²) in [7, 11) is 0. The van der Waals surface area contributed by atoms with Gasteiger partial charge in [-0.05, 0) is 83.8 Å². The normalized spacial score (nSPS) is 15.5. The molecule has 6 aromatic heterocycles. The molecule has 0 amide bonds. The summed E-state index contributed by atoms with van der Waals surface area (Å²) in [6, 6.07) is 37.4. The molecule has 0 aliphatic heterocycles. The minimum absolute atomic E-state index is 0.00466.